The van der Waals surface area contributed by atoms with Crippen molar-refractivity contribution < 1.29 is 0 Å². The van der Waals surface area contributed by atoms with E-state index in [1.165, 1.54) is 48.3 Å². The van der Waals surface area contributed by atoms with Crippen LogP contribution in [0.4, 0.5) is 0 Å². The first-order valence-electron chi connectivity index (χ1n) is 10.8. The monoisotopic (exact) mass is 380 g/mol. The van der Waals surface area contributed by atoms with Crippen LogP contribution in [0.15, 0.2) is 96.0 Å². The summed E-state index contributed by atoms with van der Waals surface area (Å²) in [4.78, 5) is 7.95. The molecule has 2 heteroatoms. The van der Waals surface area contributed by atoms with Gasteiger partial charge in [0.2, 0.25) is 0 Å². The minimum atomic E-state index is 0.329. The van der Waals surface area contributed by atoms with Gasteiger partial charge in [0, 0.05) is 17.5 Å². The number of nitrogens with zero attached hydrogens (tertiary/aromatic N) is 2. The highest BCUT2D eigenvalue weighted by Gasteiger charge is 2.43. The summed E-state index contributed by atoms with van der Waals surface area (Å²) in [5, 5.41) is 0. The number of piperidine rings is 3. The maximum absolute atomic E-state index is 5.26. The molecule has 3 aliphatic rings. The van der Waals surface area contributed by atoms with Crippen molar-refractivity contribution in [3.63, 3.8) is 0 Å². The molecule has 0 unspecified atom stereocenters. The molecule has 3 saturated heterocycles. The quantitative estimate of drug-likeness (QED) is 0.566. The van der Waals surface area contributed by atoms with Crippen LogP contribution in [0.25, 0.3) is 0 Å². The minimum Gasteiger partial charge on any atom is -0.294 e. The van der Waals surface area contributed by atoms with Gasteiger partial charge in [0.1, 0.15) is 0 Å². The molecule has 29 heavy (non-hydrogen) atoms. The van der Waals surface area contributed by atoms with Crippen LogP contribution < -0.4 is 0 Å². The molecule has 3 aromatic rings. The van der Waals surface area contributed by atoms with Crippen LogP contribution in [0.2, 0.25) is 0 Å². The lowest BCUT2D eigenvalue weighted by atomic mass is 9.72. The van der Waals surface area contributed by atoms with Crippen molar-refractivity contribution in [3.05, 3.63) is 108 Å². The predicted molar refractivity (Wildman–Crippen MR) is 120 cm³/mol. The molecule has 0 aromatic heterocycles. The maximum atomic E-state index is 5.26. The molecule has 0 amide bonds. The molecule has 6 rings (SSSR count). The van der Waals surface area contributed by atoms with E-state index in [0.29, 0.717) is 17.9 Å². The third-order valence-corrected chi connectivity index (χ3v) is 6.56. The number of rotatable bonds is 5. The van der Waals surface area contributed by atoms with Crippen molar-refractivity contribution in [2.24, 2.45) is 10.9 Å². The highest BCUT2D eigenvalue weighted by molar-refractivity contribution is 5.94. The molecule has 3 aliphatic heterocycles. The van der Waals surface area contributed by atoms with Crippen LogP contribution >= 0.6 is 0 Å². The molecule has 146 valence electrons. The smallest absolute Gasteiger partial charge is 0.0639 e. The molecule has 3 fully saturated rings. The van der Waals surface area contributed by atoms with E-state index < -0.39 is 0 Å². The Morgan fingerprint density at radius 2 is 1.24 bits per heavy atom. The molecule has 2 bridgehead atoms. The Balaban J connectivity index is 1.57. The zero-order chi connectivity index (χ0) is 19.5. The number of benzene rings is 3. The van der Waals surface area contributed by atoms with Crippen molar-refractivity contribution in [1.29, 1.82) is 0 Å². The molecule has 3 aromatic carbocycles. The first kappa shape index (κ1) is 18.3. The predicted octanol–water partition coefficient (Wildman–Crippen LogP) is 5.55. The van der Waals surface area contributed by atoms with Crippen molar-refractivity contribution in [3.8, 4) is 0 Å². The van der Waals surface area contributed by atoms with E-state index in [0.717, 1.165) is 6.54 Å². The minimum absolute atomic E-state index is 0.329. The van der Waals surface area contributed by atoms with Crippen molar-refractivity contribution in [2.45, 2.75) is 31.3 Å². The summed E-state index contributed by atoms with van der Waals surface area (Å²) in [6.45, 7) is 3.17. The van der Waals surface area contributed by atoms with Crippen LogP contribution in [-0.2, 0) is 6.54 Å². The van der Waals surface area contributed by atoms with E-state index in [9.17, 15) is 0 Å². The van der Waals surface area contributed by atoms with E-state index in [4.69, 9.17) is 4.99 Å². The zero-order valence-corrected chi connectivity index (χ0v) is 16.8. The molecular weight excluding hydrogens is 352 g/mol. The van der Waals surface area contributed by atoms with Crippen LogP contribution in [0.3, 0.4) is 0 Å². The highest BCUT2D eigenvalue weighted by Crippen LogP contribution is 2.40. The number of hydrogen-bond acceptors (Lipinski definition) is 2. The lowest BCUT2D eigenvalue weighted by Crippen LogP contribution is -2.58. The van der Waals surface area contributed by atoms with Crippen LogP contribution in [0.5, 0.6) is 0 Å². The van der Waals surface area contributed by atoms with Gasteiger partial charge in [-0.1, -0.05) is 91.0 Å². The van der Waals surface area contributed by atoms with E-state index in [2.05, 4.69) is 95.9 Å². The molecule has 1 atom stereocenters. The lowest BCUT2D eigenvalue weighted by molar-refractivity contribution is 0.135. The van der Waals surface area contributed by atoms with E-state index in [1.54, 1.807) is 0 Å². The fraction of sp³-hybridized carbons (Fsp3) is 0.296. The normalized spacial score (nSPS) is 24.9. The molecule has 2 nitrogen and oxygen atoms in total. The first-order chi connectivity index (χ1) is 14.4. The molecular formula is C27H28N2. The van der Waals surface area contributed by atoms with Crippen molar-refractivity contribution in [2.75, 3.05) is 13.1 Å². The Labute approximate surface area is 173 Å². The third-order valence-electron chi connectivity index (χ3n) is 6.56. The second kappa shape index (κ2) is 8.34. The summed E-state index contributed by atoms with van der Waals surface area (Å²) in [7, 11) is 0. The molecule has 0 aliphatic carbocycles. The fourth-order valence-corrected chi connectivity index (χ4v) is 5.15. The van der Waals surface area contributed by atoms with Crippen LogP contribution in [-0.4, -0.2) is 29.7 Å². The Morgan fingerprint density at radius 1 is 0.724 bits per heavy atom. The van der Waals surface area contributed by atoms with Crippen molar-refractivity contribution >= 4 is 5.71 Å². The van der Waals surface area contributed by atoms with Gasteiger partial charge in [-0.15, -0.1) is 0 Å². The largest absolute Gasteiger partial charge is 0.294 e. The van der Waals surface area contributed by atoms with Gasteiger partial charge < -0.3 is 0 Å². The number of aliphatic imine (C=N–C) groups is 1. The van der Waals surface area contributed by atoms with Gasteiger partial charge in [0.05, 0.1) is 12.6 Å². The standard InChI is InChI=1S/C27H28N2/c1-4-10-21(11-5-1)20-28-26-24-16-18-29(19-17-24)27(26)25(22-12-6-2-7-13-22)23-14-8-3-9-15-23/h1-15,24-25,27H,16-20H2/t27-/m0/s1. The summed E-state index contributed by atoms with van der Waals surface area (Å²) in [5.41, 5.74) is 5.50. The Bertz CT molecular complexity index is 902. The van der Waals surface area contributed by atoms with Gasteiger partial charge in [-0.25, -0.2) is 0 Å². The lowest BCUT2D eigenvalue weighted by Gasteiger charge is -2.49. The Morgan fingerprint density at radius 3 is 1.79 bits per heavy atom. The van der Waals surface area contributed by atoms with Gasteiger partial charge >= 0.3 is 0 Å². The molecule has 0 N–H and O–H groups in total. The Hall–Kier alpha value is -2.71. The van der Waals surface area contributed by atoms with E-state index in [1.807, 2.05) is 0 Å². The summed E-state index contributed by atoms with van der Waals surface area (Å²) >= 11 is 0. The zero-order valence-electron chi connectivity index (χ0n) is 16.8. The highest BCUT2D eigenvalue weighted by atomic mass is 15.2. The van der Waals surface area contributed by atoms with Gasteiger partial charge in [-0.2, -0.15) is 0 Å². The third kappa shape index (κ3) is 3.77. The summed E-state index contributed by atoms with van der Waals surface area (Å²) < 4.78 is 0. The van der Waals surface area contributed by atoms with Gasteiger partial charge in [0.15, 0.2) is 0 Å². The SMILES string of the molecule is c1ccc(CN=C2C3CCN(CC3)[C@H]2C(c2ccccc2)c2ccccc2)cc1. The van der Waals surface area contributed by atoms with Crippen molar-refractivity contribution in [1.82, 2.24) is 4.90 Å². The average molecular weight is 381 g/mol. The number of fused-ring (bicyclic) bond motifs is 3. The first-order valence-corrected chi connectivity index (χ1v) is 10.8. The molecule has 0 spiro atoms. The Kier molecular flexibility index (Phi) is 5.27. The van der Waals surface area contributed by atoms with Crippen LogP contribution in [0, 0.1) is 5.92 Å². The second-order valence-electron chi connectivity index (χ2n) is 8.28. The number of hydrogen-bond donors (Lipinski definition) is 0. The van der Waals surface area contributed by atoms with E-state index >= 15 is 0 Å². The summed E-state index contributed by atoms with van der Waals surface area (Å²) in [6.07, 6.45) is 2.50. The summed E-state index contributed by atoms with van der Waals surface area (Å²) in [5.74, 6) is 0.957. The molecule has 3 heterocycles. The van der Waals surface area contributed by atoms with Gasteiger partial charge in [0.25, 0.3) is 0 Å². The molecule has 0 radical (unpaired) electrons. The molecule has 0 saturated carbocycles. The van der Waals surface area contributed by atoms with Crippen LogP contribution in [0.1, 0.15) is 35.4 Å². The van der Waals surface area contributed by atoms with Gasteiger partial charge in [-0.3, -0.25) is 9.89 Å². The van der Waals surface area contributed by atoms with E-state index in [-0.39, 0.29) is 0 Å². The summed E-state index contributed by atoms with van der Waals surface area (Å²) in [6, 6.07) is 33.1. The fourth-order valence-electron chi connectivity index (χ4n) is 5.15. The topological polar surface area (TPSA) is 15.6 Å². The second-order valence-corrected chi connectivity index (χ2v) is 8.28. The van der Waals surface area contributed by atoms with Gasteiger partial charge in [-0.05, 0) is 42.6 Å². The maximum Gasteiger partial charge on any atom is 0.0639 e. The average Bonchev–Trinajstić information content (AvgIpc) is 2.81.